The lowest BCUT2D eigenvalue weighted by Gasteiger charge is -2.19. The summed E-state index contributed by atoms with van der Waals surface area (Å²) in [7, 11) is 0. The van der Waals surface area contributed by atoms with Gasteiger partial charge in [0.05, 0.1) is 6.61 Å². The van der Waals surface area contributed by atoms with Crippen LogP contribution < -0.4 is 0 Å². The lowest BCUT2D eigenvalue weighted by Crippen LogP contribution is -2.26. The molecule has 0 heterocycles. The molecule has 0 aliphatic rings. The van der Waals surface area contributed by atoms with E-state index < -0.39 is 0 Å². The normalized spacial score (nSPS) is 11.0. The van der Waals surface area contributed by atoms with Crippen LogP contribution in [0.4, 0.5) is 0 Å². The van der Waals surface area contributed by atoms with E-state index >= 15 is 0 Å². The quantitative estimate of drug-likeness (QED) is 0.893. The van der Waals surface area contributed by atoms with Gasteiger partial charge in [0.2, 0.25) is 0 Å². The molecule has 1 aromatic carbocycles. The standard InChI is InChI=1S/C11H15Br2NO/c1-2-14(5-6-15)8-9-3-4-10(12)11(13)7-9/h3-4,7,15H,2,5-6,8H2,1H3. The fourth-order valence-corrected chi connectivity index (χ4v) is 2.06. The number of halogens is 2. The second kappa shape index (κ2) is 6.63. The molecule has 1 rings (SSSR count). The lowest BCUT2D eigenvalue weighted by molar-refractivity contribution is 0.197. The molecule has 0 aliphatic carbocycles. The Morgan fingerprint density at radius 2 is 2.00 bits per heavy atom. The predicted octanol–water partition coefficient (Wildman–Crippen LogP) is 3.03. The van der Waals surface area contributed by atoms with Crippen LogP contribution in [0.1, 0.15) is 12.5 Å². The molecule has 0 bridgehead atoms. The molecule has 0 unspecified atom stereocenters. The first-order valence-electron chi connectivity index (χ1n) is 4.94. The van der Waals surface area contributed by atoms with Crippen LogP contribution in [0.5, 0.6) is 0 Å². The van der Waals surface area contributed by atoms with E-state index in [2.05, 4.69) is 55.8 Å². The van der Waals surface area contributed by atoms with Gasteiger partial charge in [-0.15, -0.1) is 0 Å². The summed E-state index contributed by atoms with van der Waals surface area (Å²) >= 11 is 6.93. The van der Waals surface area contributed by atoms with E-state index in [1.54, 1.807) is 0 Å². The van der Waals surface area contributed by atoms with Crippen molar-refractivity contribution in [2.24, 2.45) is 0 Å². The van der Waals surface area contributed by atoms with Gasteiger partial charge in [-0.2, -0.15) is 0 Å². The fraction of sp³-hybridized carbons (Fsp3) is 0.455. The predicted molar refractivity (Wildman–Crippen MR) is 69.9 cm³/mol. The minimum Gasteiger partial charge on any atom is -0.395 e. The van der Waals surface area contributed by atoms with E-state index in [0.29, 0.717) is 0 Å². The molecule has 0 saturated carbocycles. The summed E-state index contributed by atoms with van der Waals surface area (Å²) in [5.41, 5.74) is 1.25. The summed E-state index contributed by atoms with van der Waals surface area (Å²) in [6.45, 7) is 4.87. The molecule has 1 N–H and O–H groups in total. The number of aliphatic hydroxyl groups is 1. The van der Waals surface area contributed by atoms with E-state index in [0.717, 1.165) is 28.6 Å². The van der Waals surface area contributed by atoms with E-state index in [1.807, 2.05) is 6.07 Å². The Kier molecular flexibility index (Phi) is 5.82. The van der Waals surface area contributed by atoms with E-state index in [4.69, 9.17) is 5.11 Å². The maximum absolute atomic E-state index is 8.89. The SMILES string of the molecule is CCN(CCO)Cc1ccc(Br)c(Br)c1. The molecule has 1 aromatic rings. The highest BCUT2D eigenvalue weighted by Crippen LogP contribution is 2.24. The van der Waals surface area contributed by atoms with Crippen molar-refractivity contribution in [3.05, 3.63) is 32.7 Å². The number of likely N-dealkylation sites (N-methyl/N-ethyl adjacent to an activating group) is 1. The van der Waals surface area contributed by atoms with Crippen LogP contribution >= 0.6 is 31.9 Å². The number of rotatable bonds is 5. The van der Waals surface area contributed by atoms with Crippen LogP contribution in [0.25, 0.3) is 0 Å². The van der Waals surface area contributed by atoms with Gasteiger partial charge in [0.15, 0.2) is 0 Å². The zero-order valence-corrected chi connectivity index (χ0v) is 11.9. The van der Waals surface area contributed by atoms with Crippen molar-refractivity contribution in [3.8, 4) is 0 Å². The Morgan fingerprint density at radius 3 is 2.53 bits per heavy atom. The van der Waals surface area contributed by atoms with E-state index in [-0.39, 0.29) is 6.61 Å². The highest BCUT2D eigenvalue weighted by molar-refractivity contribution is 9.13. The Morgan fingerprint density at radius 1 is 1.27 bits per heavy atom. The maximum Gasteiger partial charge on any atom is 0.0558 e. The first-order chi connectivity index (χ1) is 7.17. The molecule has 2 nitrogen and oxygen atoms in total. The van der Waals surface area contributed by atoms with Gasteiger partial charge in [0, 0.05) is 22.0 Å². The molecule has 4 heteroatoms. The molecule has 15 heavy (non-hydrogen) atoms. The fourth-order valence-electron chi connectivity index (χ4n) is 1.39. The summed E-state index contributed by atoms with van der Waals surface area (Å²) in [6.07, 6.45) is 0. The minimum absolute atomic E-state index is 0.214. The van der Waals surface area contributed by atoms with Crippen molar-refractivity contribution < 1.29 is 5.11 Å². The lowest BCUT2D eigenvalue weighted by atomic mass is 10.2. The topological polar surface area (TPSA) is 23.5 Å². The third kappa shape index (κ3) is 4.23. The van der Waals surface area contributed by atoms with Gasteiger partial charge in [0.25, 0.3) is 0 Å². The Labute approximate surface area is 108 Å². The van der Waals surface area contributed by atoms with Crippen LogP contribution in [-0.4, -0.2) is 29.7 Å². The first kappa shape index (κ1) is 13.2. The van der Waals surface area contributed by atoms with Crippen molar-refractivity contribution in [2.45, 2.75) is 13.5 Å². The first-order valence-corrected chi connectivity index (χ1v) is 6.53. The Bertz CT molecular complexity index is 317. The zero-order valence-electron chi connectivity index (χ0n) is 8.71. The van der Waals surface area contributed by atoms with Crippen molar-refractivity contribution in [2.75, 3.05) is 19.7 Å². The third-order valence-corrected chi connectivity index (χ3v) is 4.13. The highest BCUT2D eigenvalue weighted by Gasteiger charge is 2.04. The molecule has 0 spiro atoms. The molecule has 0 radical (unpaired) electrons. The minimum atomic E-state index is 0.214. The van der Waals surface area contributed by atoms with Crippen LogP contribution in [0.3, 0.4) is 0 Å². The summed E-state index contributed by atoms with van der Waals surface area (Å²) < 4.78 is 2.14. The smallest absolute Gasteiger partial charge is 0.0558 e. The molecular weight excluding hydrogens is 322 g/mol. The number of benzene rings is 1. The third-order valence-electron chi connectivity index (χ3n) is 2.25. The zero-order chi connectivity index (χ0) is 11.3. The summed E-state index contributed by atoms with van der Waals surface area (Å²) in [5.74, 6) is 0. The van der Waals surface area contributed by atoms with Gasteiger partial charge >= 0.3 is 0 Å². The molecule has 0 fully saturated rings. The van der Waals surface area contributed by atoms with Crippen molar-refractivity contribution >= 4 is 31.9 Å². The van der Waals surface area contributed by atoms with Gasteiger partial charge in [-0.05, 0) is 56.1 Å². The number of hydrogen-bond donors (Lipinski definition) is 1. The monoisotopic (exact) mass is 335 g/mol. The molecule has 0 amide bonds. The summed E-state index contributed by atoms with van der Waals surface area (Å²) in [4.78, 5) is 2.20. The van der Waals surface area contributed by atoms with Gasteiger partial charge < -0.3 is 5.11 Å². The number of hydrogen-bond acceptors (Lipinski definition) is 2. The van der Waals surface area contributed by atoms with Crippen LogP contribution in [-0.2, 0) is 6.54 Å². The largest absolute Gasteiger partial charge is 0.395 e. The van der Waals surface area contributed by atoms with Crippen LogP contribution in [0, 0.1) is 0 Å². The maximum atomic E-state index is 8.89. The van der Waals surface area contributed by atoms with E-state index in [1.165, 1.54) is 5.56 Å². The van der Waals surface area contributed by atoms with Gasteiger partial charge in [-0.25, -0.2) is 0 Å². The second-order valence-electron chi connectivity index (χ2n) is 3.34. The molecule has 84 valence electrons. The summed E-state index contributed by atoms with van der Waals surface area (Å²) in [5, 5.41) is 8.89. The van der Waals surface area contributed by atoms with Crippen LogP contribution in [0.2, 0.25) is 0 Å². The number of nitrogens with zero attached hydrogens (tertiary/aromatic N) is 1. The van der Waals surface area contributed by atoms with Crippen molar-refractivity contribution in [1.29, 1.82) is 0 Å². The molecule has 0 aliphatic heterocycles. The molecule has 0 saturated heterocycles. The average Bonchev–Trinajstić information content (AvgIpc) is 2.23. The van der Waals surface area contributed by atoms with Crippen LogP contribution in [0.15, 0.2) is 27.1 Å². The Balaban J connectivity index is 2.66. The van der Waals surface area contributed by atoms with Gasteiger partial charge in [-0.1, -0.05) is 13.0 Å². The number of aliphatic hydroxyl groups excluding tert-OH is 1. The van der Waals surface area contributed by atoms with Gasteiger partial charge in [-0.3, -0.25) is 4.90 Å². The Hall–Kier alpha value is 0.1000. The molecule has 0 aromatic heterocycles. The molecular formula is C11H15Br2NO. The van der Waals surface area contributed by atoms with Gasteiger partial charge in [0.1, 0.15) is 0 Å². The van der Waals surface area contributed by atoms with Crippen molar-refractivity contribution in [3.63, 3.8) is 0 Å². The van der Waals surface area contributed by atoms with Crippen molar-refractivity contribution in [1.82, 2.24) is 4.90 Å². The highest BCUT2D eigenvalue weighted by atomic mass is 79.9. The summed E-state index contributed by atoms with van der Waals surface area (Å²) in [6, 6.07) is 6.23. The average molecular weight is 337 g/mol. The second-order valence-corrected chi connectivity index (χ2v) is 5.05. The van der Waals surface area contributed by atoms with E-state index in [9.17, 15) is 0 Å². The molecule has 0 atom stereocenters.